The quantitative estimate of drug-likeness (QED) is 0.867. The van der Waals surface area contributed by atoms with Crippen molar-refractivity contribution in [1.82, 2.24) is 4.31 Å². The number of halogens is 3. The molecule has 1 aliphatic rings. The van der Waals surface area contributed by atoms with Crippen molar-refractivity contribution in [2.75, 3.05) is 13.1 Å². The fourth-order valence-corrected chi connectivity index (χ4v) is 4.46. The average Bonchev–Trinajstić information content (AvgIpc) is 2.49. The van der Waals surface area contributed by atoms with Crippen LogP contribution < -0.4 is 10.5 Å². The van der Waals surface area contributed by atoms with Gasteiger partial charge in [0.05, 0.1) is 9.92 Å². The summed E-state index contributed by atoms with van der Waals surface area (Å²) < 4.78 is 55.4. The average molecular weight is 369 g/mol. The number of rotatable bonds is 5. The third kappa shape index (κ3) is 4.32. The number of piperidine rings is 1. The molecule has 1 saturated heterocycles. The van der Waals surface area contributed by atoms with Crippen molar-refractivity contribution < 1.29 is 21.9 Å². The Labute approximate surface area is 139 Å². The normalized spacial score (nSPS) is 21.4. The van der Waals surface area contributed by atoms with Crippen LogP contribution in [0.1, 0.15) is 19.8 Å². The van der Waals surface area contributed by atoms with Gasteiger partial charge in [0.1, 0.15) is 5.75 Å². The van der Waals surface area contributed by atoms with Crippen molar-refractivity contribution in [3.05, 3.63) is 23.2 Å². The Bertz CT molecular complexity index is 655. The molecule has 23 heavy (non-hydrogen) atoms. The van der Waals surface area contributed by atoms with Gasteiger partial charge in [-0.3, -0.25) is 0 Å². The molecule has 0 aliphatic carbocycles. The van der Waals surface area contributed by atoms with Crippen molar-refractivity contribution in [2.24, 2.45) is 11.7 Å². The van der Waals surface area contributed by atoms with Gasteiger partial charge in [-0.05, 0) is 43.9 Å². The molecule has 2 unspecified atom stereocenters. The summed E-state index contributed by atoms with van der Waals surface area (Å²) in [4.78, 5) is -0.0468. The topological polar surface area (TPSA) is 72.6 Å². The predicted molar refractivity (Wildman–Crippen MR) is 83.2 cm³/mol. The second-order valence-corrected chi connectivity index (χ2v) is 7.94. The second-order valence-electron chi connectivity index (χ2n) is 5.60. The van der Waals surface area contributed by atoms with E-state index in [1.165, 1.54) is 10.4 Å². The number of hydrogen-bond acceptors (Lipinski definition) is 4. The summed E-state index contributed by atoms with van der Waals surface area (Å²) in [6.45, 7) is -0.427. The smallest absolute Gasteiger partial charge is 0.387 e. The molecule has 1 aromatic carbocycles. The first kappa shape index (κ1) is 18.4. The SMILES string of the molecule is CC(N)C1CCCN(S(=O)(=O)c2ccc(OC(F)F)c(Cl)c2)C1. The van der Waals surface area contributed by atoms with E-state index >= 15 is 0 Å². The van der Waals surface area contributed by atoms with Gasteiger partial charge in [0.15, 0.2) is 0 Å². The predicted octanol–water partition coefficient (Wildman–Crippen LogP) is 2.69. The number of hydrogen-bond donors (Lipinski definition) is 1. The maximum Gasteiger partial charge on any atom is 0.387 e. The van der Waals surface area contributed by atoms with Crippen LogP contribution in [0.15, 0.2) is 23.1 Å². The number of benzene rings is 1. The molecule has 9 heteroatoms. The van der Waals surface area contributed by atoms with Crippen molar-refractivity contribution in [3.63, 3.8) is 0 Å². The molecule has 0 bridgehead atoms. The highest BCUT2D eigenvalue weighted by Crippen LogP contribution is 2.31. The highest BCUT2D eigenvalue weighted by atomic mass is 35.5. The molecule has 1 fully saturated rings. The Balaban J connectivity index is 2.24. The molecule has 130 valence electrons. The van der Waals surface area contributed by atoms with Crippen LogP contribution in [0.4, 0.5) is 8.78 Å². The molecule has 2 N–H and O–H groups in total. The first-order chi connectivity index (χ1) is 10.7. The molecule has 1 heterocycles. The highest BCUT2D eigenvalue weighted by molar-refractivity contribution is 7.89. The Kier molecular flexibility index (Phi) is 5.83. The summed E-state index contributed by atoms with van der Waals surface area (Å²) in [5.74, 6) is -0.164. The molecule has 0 spiro atoms. The van der Waals surface area contributed by atoms with E-state index in [0.717, 1.165) is 25.0 Å². The summed E-state index contributed by atoms with van der Waals surface area (Å²) in [5.41, 5.74) is 5.87. The van der Waals surface area contributed by atoms with Gasteiger partial charge < -0.3 is 10.5 Å². The lowest BCUT2D eigenvalue weighted by Gasteiger charge is -2.33. The molecule has 2 rings (SSSR count). The zero-order chi connectivity index (χ0) is 17.2. The molecule has 0 saturated carbocycles. The molecule has 1 aromatic rings. The van der Waals surface area contributed by atoms with E-state index in [1.807, 2.05) is 6.92 Å². The summed E-state index contributed by atoms with van der Waals surface area (Å²) in [6.07, 6.45) is 1.61. The molecule has 2 atom stereocenters. The molecule has 1 aliphatic heterocycles. The van der Waals surface area contributed by atoms with Gasteiger partial charge in [0.2, 0.25) is 10.0 Å². The van der Waals surface area contributed by atoms with Gasteiger partial charge in [-0.15, -0.1) is 0 Å². The van der Waals surface area contributed by atoms with Crippen LogP contribution >= 0.6 is 11.6 Å². The van der Waals surface area contributed by atoms with Crippen LogP contribution in [0, 0.1) is 5.92 Å². The lowest BCUT2D eigenvalue weighted by atomic mass is 9.93. The van der Waals surface area contributed by atoms with Crippen LogP contribution in [0.3, 0.4) is 0 Å². The second kappa shape index (κ2) is 7.29. The van der Waals surface area contributed by atoms with E-state index in [1.54, 1.807) is 0 Å². The van der Waals surface area contributed by atoms with E-state index in [-0.39, 0.29) is 27.6 Å². The van der Waals surface area contributed by atoms with E-state index in [2.05, 4.69) is 4.74 Å². The monoisotopic (exact) mass is 368 g/mol. The summed E-state index contributed by atoms with van der Waals surface area (Å²) in [5, 5.41) is -0.174. The zero-order valence-electron chi connectivity index (χ0n) is 12.6. The largest absolute Gasteiger partial charge is 0.433 e. The molecule has 0 radical (unpaired) electrons. The first-order valence-electron chi connectivity index (χ1n) is 7.22. The van der Waals surface area contributed by atoms with Crippen molar-refractivity contribution in [3.8, 4) is 5.75 Å². The minimum atomic E-state index is -3.75. The Morgan fingerprint density at radius 2 is 2.13 bits per heavy atom. The lowest BCUT2D eigenvalue weighted by molar-refractivity contribution is -0.0498. The summed E-state index contributed by atoms with van der Waals surface area (Å²) >= 11 is 5.84. The number of sulfonamides is 1. The maximum absolute atomic E-state index is 12.7. The number of ether oxygens (including phenoxy) is 1. The first-order valence-corrected chi connectivity index (χ1v) is 9.03. The van der Waals surface area contributed by atoms with Gasteiger partial charge >= 0.3 is 6.61 Å². The summed E-state index contributed by atoms with van der Waals surface area (Å²) in [6, 6.07) is 3.38. The summed E-state index contributed by atoms with van der Waals surface area (Å²) in [7, 11) is -3.75. The minimum absolute atomic E-state index is 0.0468. The van der Waals surface area contributed by atoms with E-state index in [0.29, 0.717) is 13.1 Å². The fraction of sp³-hybridized carbons (Fsp3) is 0.571. The Morgan fingerprint density at radius 3 is 2.70 bits per heavy atom. The van der Waals surface area contributed by atoms with Crippen molar-refractivity contribution in [1.29, 1.82) is 0 Å². The van der Waals surface area contributed by atoms with Crippen LogP contribution in [-0.4, -0.2) is 38.5 Å². The van der Waals surface area contributed by atoms with Crippen molar-refractivity contribution in [2.45, 2.75) is 37.3 Å². The molecular formula is C14H19ClF2N2O3S. The zero-order valence-corrected chi connectivity index (χ0v) is 14.2. The Morgan fingerprint density at radius 1 is 1.43 bits per heavy atom. The third-order valence-corrected chi connectivity index (χ3v) is 6.08. The number of nitrogens with two attached hydrogens (primary N) is 1. The Hall–Kier alpha value is -0.960. The maximum atomic E-state index is 12.7. The van der Waals surface area contributed by atoms with E-state index < -0.39 is 16.6 Å². The van der Waals surface area contributed by atoms with Crippen LogP contribution in [-0.2, 0) is 10.0 Å². The van der Waals surface area contributed by atoms with Gasteiger partial charge in [-0.2, -0.15) is 13.1 Å². The number of alkyl halides is 2. The molecule has 0 aromatic heterocycles. The third-order valence-electron chi connectivity index (χ3n) is 3.92. The van der Waals surface area contributed by atoms with Gasteiger partial charge in [0, 0.05) is 19.1 Å². The van der Waals surface area contributed by atoms with Gasteiger partial charge in [-0.1, -0.05) is 11.6 Å². The molecular weight excluding hydrogens is 350 g/mol. The standard InChI is InChI=1S/C14H19ClF2N2O3S/c1-9(18)10-3-2-6-19(8-10)23(20,21)11-4-5-13(12(15)7-11)22-14(16)17/h4-5,7,9-10,14H,2-3,6,8,18H2,1H3. The van der Waals surface area contributed by atoms with Gasteiger partial charge in [-0.25, -0.2) is 8.42 Å². The molecule has 5 nitrogen and oxygen atoms in total. The minimum Gasteiger partial charge on any atom is -0.433 e. The van der Waals surface area contributed by atoms with Crippen LogP contribution in [0.2, 0.25) is 5.02 Å². The number of nitrogens with zero attached hydrogens (tertiary/aromatic N) is 1. The fourth-order valence-electron chi connectivity index (χ4n) is 2.60. The van der Waals surface area contributed by atoms with E-state index in [9.17, 15) is 17.2 Å². The van der Waals surface area contributed by atoms with Crippen LogP contribution in [0.25, 0.3) is 0 Å². The van der Waals surface area contributed by atoms with Crippen LogP contribution in [0.5, 0.6) is 5.75 Å². The highest BCUT2D eigenvalue weighted by Gasteiger charge is 2.32. The lowest BCUT2D eigenvalue weighted by Crippen LogP contribution is -2.44. The van der Waals surface area contributed by atoms with E-state index in [4.69, 9.17) is 17.3 Å². The van der Waals surface area contributed by atoms with Gasteiger partial charge in [0.25, 0.3) is 0 Å². The molecule has 0 amide bonds. The van der Waals surface area contributed by atoms with Crippen molar-refractivity contribution >= 4 is 21.6 Å².